The van der Waals surface area contributed by atoms with E-state index in [1.807, 2.05) is 24.0 Å². The third kappa shape index (κ3) is 5.57. The number of nitrogens with zero attached hydrogens (tertiary/aromatic N) is 4. The van der Waals surface area contributed by atoms with Gasteiger partial charge in [0.15, 0.2) is 5.82 Å². The van der Waals surface area contributed by atoms with Crippen LogP contribution in [-0.4, -0.2) is 62.4 Å². The van der Waals surface area contributed by atoms with E-state index in [2.05, 4.69) is 15.1 Å². The Balaban J connectivity index is 0.000000339. The minimum Gasteiger partial charge on any atom is -0.475 e. The number of rotatable bonds is 2. The second-order valence-corrected chi connectivity index (χ2v) is 7.35. The van der Waals surface area contributed by atoms with E-state index in [1.165, 1.54) is 0 Å². The summed E-state index contributed by atoms with van der Waals surface area (Å²) in [6.45, 7) is 5.00. The summed E-state index contributed by atoms with van der Waals surface area (Å²) in [5, 5.41) is 11.0. The molecule has 2 aromatic heterocycles. The molecule has 4 heterocycles. The quantitative estimate of drug-likeness (QED) is 0.754. The Hall–Kier alpha value is -3.02. The zero-order chi connectivity index (χ0) is 22.8. The molecule has 2 fully saturated rings. The van der Waals surface area contributed by atoms with E-state index in [0.29, 0.717) is 29.9 Å². The molecule has 0 saturated carbocycles. The number of piperidine rings is 1. The van der Waals surface area contributed by atoms with Gasteiger partial charge < -0.3 is 19.3 Å². The van der Waals surface area contributed by atoms with E-state index in [1.54, 1.807) is 13.0 Å². The second-order valence-electron chi connectivity index (χ2n) is 7.35. The fourth-order valence-corrected chi connectivity index (χ4v) is 3.54. The SMILES string of the molecule is Cc1cccc(C(=O)N2CC[C@H]3C[C@H](c4nc(C)no4)O[C@@H]3C2)n1.O=C(O)C(F)(F)F. The fourth-order valence-electron chi connectivity index (χ4n) is 3.54. The van der Waals surface area contributed by atoms with E-state index in [4.69, 9.17) is 19.2 Å². The molecule has 4 rings (SSSR count). The van der Waals surface area contributed by atoms with Crippen LogP contribution in [0.15, 0.2) is 22.7 Å². The maximum absolute atomic E-state index is 12.7. The molecule has 12 heteroatoms. The molecule has 0 aliphatic carbocycles. The number of carbonyl (C=O) groups excluding carboxylic acids is 1. The third-order valence-electron chi connectivity index (χ3n) is 5.01. The highest BCUT2D eigenvalue weighted by atomic mass is 19.4. The van der Waals surface area contributed by atoms with Crippen molar-refractivity contribution in [3.05, 3.63) is 41.3 Å². The number of halogens is 3. The number of hydrogen-bond donors (Lipinski definition) is 1. The van der Waals surface area contributed by atoms with Gasteiger partial charge in [-0.25, -0.2) is 9.78 Å². The molecule has 0 spiro atoms. The lowest BCUT2D eigenvalue weighted by atomic mass is 9.91. The summed E-state index contributed by atoms with van der Waals surface area (Å²) < 4.78 is 43.1. The Kier molecular flexibility index (Phi) is 6.58. The first-order valence-corrected chi connectivity index (χ1v) is 9.53. The van der Waals surface area contributed by atoms with Crippen LogP contribution in [0.3, 0.4) is 0 Å². The number of aliphatic carboxylic acids is 1. The van der Waals surface area contributed by atoms with Crippen LogP contribution in [0, 0.1) is 19.8 Å². The van der Waals surface area contributed by atoms with Crippen molar-refractivity contribution in [2.24, 2.45) is 5.92 Å². The van der Waals surface area contributed by atoms with Crippen molar-refractivity contribution in [2.75, 3.05) is 13.1 Å². The predicted octanol–water partition coefficient (Wildman–Crippen LogP) is 2.71. The maximum atomic E-state index is 12.7. The van der Waals surface area contributed by atoms with Crippen LogP contribution < -0.4 is 0 Å². The number of aromatic nitrogens is 3. The summed E-state index contributed by atoms with van der Waals surface area (Å²) in [7, 11) is 0. The van der Waals surface area contributed by atoms with Crippen molar-refractivity contribution in [1.82, 2.24) is 20.0 Å². The smallest absolute Gasteiger partial charge is 0.475 e. The Morgan fingerprint density at radius 3 is 2.52 bits per heavy atom. The van der Waals surface area contributed by atoms with E-state index >= 15 is 0 Å². The van der Waals surface area contributed by atoms with E-state index in [-0.39, 0.29) is 18.1 Å². The number of alkyl halides is 3. The fraction of sp³-hybridized carbons (Fsp3) is 0.526. The van der Waals surface area contributed by atoms with Crippen LogP contribution >= 0.6 is 0 Å². The van der Waals surface area contributed by atoms with E-state index in [9.17, 15) is 18.0 Å². The van der Waals surface area contributed by atoms with Crippen LogP contribution in [0.4, 0.5) is 13.2 Å². The number of likely N-dealkylation sites (tertiary alicyclic amines) is 1. The molecular formula is C19H21F3N4O5. The number of fused-ring (bicyclic) bond motifs is 1. The summed E-state index contributed by atoms with van der Waals surface area (Å²) in [6, 6.07) is 5.52. The van der Waals surface area contributed by atoms with Gasteiger partial charge in [-0.2, -0.15) is 18.2 Å². The largest absolute Gasteiger partial charge is 0.490 e. The molecule has 1 amide bonds. The predicted molar refractivity (Wildman–Crippen MR) is 97.9 cm³/mol. The highest BCUT2D eigenvalue weighted by molar-refractivity contribution is 5.92. The molecule has 2 aliphatic heterocycles. The number of aryl methyl sites for hydroxylation is 2. The van der Waals surface area contributed by atoms with Gasteiger partial charge in [0.05, 0.1) is 6.10 Å². The average molecular weight is 442 g/mol. The maximum Gasteiger partial charge on any atom is 0.490 e. The van der Waals surface area contributed by atoms with E-state index in [0.717, 1.165) is 25.1 Å². The monoisotopic (exact) mass is 442 g/mol. The first-order chi connectivity index (χ1) is 14.5. The molecule has 0 aromatic carbocycles. The summed E-state index contributed by atoms with van der Waals surface area (Å²) in [4.78, 5) is 32.0. The molecule has 0 radical (unpaired) electrons. The zero-order valence-electron chi connectivity index (χ0n) is 16.8. The van der Waals surface area contributed by atoms with Crippen molar-refractivity contribution in [1.29, 1.82) is 0 Å². The van der Waals surface area contributed by atoms with Gasteiger partial charge in [0.2, 0.25) is 0 Å². The Morgan fingerprint density at radius 2 is 1.94 bits per heavy atom. The number of carboxylic acids is 1. The van der Waals surface area contributed by atoms with Crippen molar-refractivity contribution in [3.63, 3.8) is 0 Å². The molecule has 2 aliphatic rings. The Morgan fingerprint density at radius 1 is 1.23 bits per heavy atom. The average Bonchev–Trinajstić information content (AvgIpc) is 3.32. The van der Waals surface area contributed by atoms with E-state index < -0.39 is 12.1 Å². The summed E-state index contributed by atoms with van der Waals surface area (Å²) >= 11 is 0. The standard InChI is InChI=1S/C17H20N4O3.C2HF3O2/c1-10-4-3-5-13(18-10)17(22)21-7-6-12-8-14(23-15(12)9-21)16-19-11(2)20-24-16;3-2(4,5)1(6)7/h3-5,12,14-15H,6-9H2,1-2H3;(H,6,7)/t12-,14+,15+;/m0./s1. The molecule has 3 atom stereocenters. The lowest BCUT2D eigenvalue weighted by Crippen LogP contribution is -2.45. The van der Waals surface area contributed by atoms with Crippen LogP contribution in [-0.2, 0) is 9.53 Å². The van der Waals surface area contributed by atoms with Crippen LogP contribution in [0.2, 0.25) is 0 Å². The van der Waals surface area contributed by atoms with Crippen LogP contribution in [0.5, 0.6) is 0 Å². The first kappa shape index (κ1) is 22.7. The number of hydrogen-bond acceptors (Lipinski definition) is 7. The number of carboxylic acid groups (broad SMARTS) is 1. The molecule has 2 saturated heterocycles. The van der Waals surface area contributed by atoms with Gasteiger partial charge in [0.1, 0.15) is 11.8 Å². The van der Waals surface area contributed by atoms with Crippen molar-refractivity contribution < 1.29 is 37.1 Å². The Bertz CT molecular complexity index is 949. The van der Waals surface area contributed by atoms with Gasteiger partial charge in [-0.15, -0.1) is 0 Å². The lowest BCUT2D eigenvalue weighted by molar-refractivity contribution is -0.192. The first-order valence-electron chi connectivity index (χ1n) is 9.53. The number of amides is 1. The number of pyridine rings is 1. The number of carbonyl (C=O) groups is 2. The molecule has 31 heavy (non-hydrogen) atoms. The molecule has 0 bridgehead atoms. The molecule has 168 valence electrons. The van der Waals surface area contributed by atoms with Crippen molar-refractivity contribution in [2.45, 2.75) is 45.1 Å². The van der Waals surface area contributed by atoms with Gasteiger partial charge in [-0.3, -0.25) is 4.79 Å². The highest BCUT2D eigenvalue weighted by Crippen LogP contribution is 2.40. The lowest BCUT2D eigenvalue weighted by Gasteiger charge is -2.33. The molecule has 9 nitrogen and oxygen atoms in total. The van der Waals surface area contributed by atoms with Crippen LogP contribution in [0.25, 0.3) is 0 Å². The topological polar surface area (TPSA) is 119 Å². The third-order valence-corrected chi connectivity index (χ3v) is 5.01. The summed E-state index contributed by atoms with van der Waals surface area (Å²) in [5.41, 5.74) is 1.34. The molecular weight excluding hydrogens is 421 g/mol. The normalized spacial score (nSPS) is 23.0. The molecule has 1 N–H and O–H groups in total. The van der Waals surface area contributed by atoms with Crippen molar-refractivity contribution >= 4 is 11.9 Å². The minimum absolute atomic E-state index is 0.0183. The number of ether oxygens (including phenoxy) is 1. The van der Waals surface area contributed by atoms with Gasteiger partial charge in [-0.05, 0) is 44.7 Å². The zero-order valence-corrected chi connectivity index (χ0v) is 16.8. The van der Waals surface area contributed by atoms with Crippen LogP contribution in [0.1, 0.15) is 46.8 Å². The Labute approximate surface area is 175 Å². The van der Waals surface area contributed by atoms with Gasteiger partial charge in [-0.1, -0.05) is 11.2 Å². The summed E-state index contributed by atoms with van der Waals surface area (Å²) in [6.07, 6.45) is -3.43. The van der Waals surface area contributed by atoms with Gasteiger partial charge in [0.25, 0.3) is 11.8 Å². The second kappa shape index (κ2) is 9.00. The van der Waals surface area contributed by atoms with Crippen molar-refractivity contribution in [3.8, 4) is 0 Å². The summed E-state index contributed by atoms with van der Waals surface area (Å²) in [5.74, 6) is -1.20. The molecule has 0 unspecified atom stereocenters. The minimum atomic E-state index is -5.08. The molecule has 2 aromatic rings. The van der Waals surface area contributed by atoms with Gasteiger partial charge >= 0.3 is 12.1 Å². The highest BCUT2D eigenvalue weighted by Gasteiger charge is 2.43. The van der Waals surface area contributed by atoms with Gasteiger partial charge in [0, 0.05) is 18.8 Å².